The minimum Gasteiger partial charge on any atom is -0.385 e. The fourth-order valence-corrected chi connectivity index (χ4v) is 5.31. The molecule has 1 N–H and O–H groups in total. The summed E-state index contributed by atoms with van der Waals surface area (Å²) in [6, 6.07) is 6.86. The summed E-state index contributed by atoms with van der Waals surface area (Å²) in [5.41, 5.74) is 4.16. The van der Waals surface area contributed by atoms with E-state index in [0.717, 1.165) is 32.1 Å². The standard InChI is InChI=1S/C21H33NO3S/c1-6-17-15(13-25-26(5,23)24)8-7-14-12-22-19-10-9-16(21(2,3)4)11-18(19)20(14)17/h9-11,14-15,17,20,22H,6-8,12-13H2,1-5H3. The molecule has 0 bridgehead atoms. The summed E-state index contributed by atoms with van der Waals surface area (Å²) in [6.45, 7) is 10.3. The van der Waals surface area contributed by atoms with Crippen LogP contribution in [0.5, 0.6) is 0 Å². The van der Waals surface area contributed by atoms with Gasteiger partial charge in [0.05, 0.1) is 12.9 Å². The summed E-state index contributed by atoms with van der Waals surface area (Å²) in [5, 5.41) is 3.63. The third kappa shape index (κ3) is 4.09. The van der Waals surface area contributed by atoms with Gasteiger partial charge in [-0.05, 0) is 59.1 Å². The van der Waals surface area contributed by atoms with Gasteiger partial charge in [-0.25, -0.2) is 0 Å². The van der Waals surface area contributed by atoms with Gasteiger partial charge in [0.1, 0.15) is 0 Å². The second-order valence-corrected chi connectivity index (χ2v) is 10.8. The van der Waals surface area contributed by atoms with E-state index in [1.54, 1.807) is 0 Å². The van der Waals surface area contributed by atoms with Crippen molar-refractivity contribution < 1.29 is 12.6 Å². The van der Waals surface area contributed by atoms with Crippen LogP contribution in [0, 0.1) is 17.8 Å². The molecule has 1 saturated carbocycles. The zero-order valence-electron chi connectivity index (χ0n) is 16.7. The molecule has 0 amide bonds. The number of rotatable bonds is 4. The highest BCUT2D eigenvalue weighted by molar-refractivity contribution is 7.85. The fourth-order valence-electron chi connectivity index (χ4n) is 4.89. The normalized spacial score (nSPS) is 28.8. The Hall–Kier alpha value is -1.07. The minimum atomic E-state index is -3.38. The molecule has 1 aliphatic heterocycles. The lowest BCUT2D eigenvalue weighted by Crippen LogP contribution is -2.41. The van der Waals surface area contributed by atoms with E-state index in [1.807, 2.05) is 0 Å². The molecule has 1 fully saturated rings. The molecule has 3 rings (SSSR count). The molecule has 1 aromatic carbocycles. The Balaban J connectivity index is 1.94. The van der Waals surface area contributed by atoms with Crippen molar-refractivity contribution in [2.75, 3.05) is 24.7 Å². The molecule has 4 atom stereocenters. The number of hydrogen-bond acceptors (Lipinski definition) is 4. The molecule has 5 heteroatoms. The Morgan fingerprint density at radius 3 is 2.58 bits per heavy atom. The molecule has 1 heterocycles. The number of anilines is 1. The largest absolute Gasteiger partial charge is 0.385 e. The van der Waals surface area contributed by atoms with Crippen LogP contribution in [0.3, 0.4) is 0 Å². The van der Waals surface area contributed by atoms with Gasteiger partial charge in [-0.2, -0.15) is 8.42 Å². The number of fused-ring (bicyclic) bond motifs is 3. The van der Waals surface area contributed by atoms with Crippen molar-refractivity contribution in [3.63, 3.8) is 0 Å². The average Bonchev–Trinajstić information content (AvgIpc) is 2.57. The van der Waals surface area contributed by atoms with Gasteiger partial charge in [0.15, 0.2) is 0 Å². The maximum Gasteiger partial charge on any atom is 0.264 e. The van der Waals surface area contributed by atoms with Crippen molar-refractivity contribution in [1.29, 1.82) is 0 Å². The second-order valence-electron chi connectivity index (χ2n) is 9.12. The summed E-state index contributed by atoms with van der Waals surface area (Å²) in [6.07, 6.45) is 4.38. The summed E-state index contributed by atoms with van der Waals surface area (Å²) in [4.78, 5) is 0. The lowest BCUT2D eigenvalue weighted by Gasteiger charge is -2.47. The zero-order valence-corrected chi connectivity index (χ0v) is 17.5. The van der Waals surface area contributed by atoms with Crippen LogP contribution in [-0.2, 0) is 19.7 Å². The highest BCUT2D eigenvalue weighted by Gasteiger charge is 2.42. The molecule has 2 aliphatic rings. The molecule has 1 aliphatic carbocycles. The van der Waals surface area contributed by atoms with E-state index in [2.05, 4.69) is 51.2 Å². The monoisotopic (exact) mass is 379 g/mol. The van der Waals surface area contributed by atoms with Crippen LogP contribution in [0.1, 0.15) is 64.0 Å². The predicted octanol–water partition coefficient (Wildman–Crippen LogP) is 4.52. The second kappa shape index (κ2) is 7.16. The van der Waals surface area contributed by atoms with E-state index in [-0.39, 0.29) is 5.41 Å². The van der Waals surface area contributed by atoms with Gasteiger partial charge in [0, 0.05) is 12.2 Å². The lowest BCUT2D eigenvalue weighted by molar-refractivity contribution is 0.0966. The van der Waals surface area contributed by atoms with Crippen LogP contribution in [0.4, 0.5) is 5.69 Å². The summed E-state index contributed by atoms with van der Waals surface area (Å²) in [5.74, 6) is 1.88. The van der Waals surface area contributed by atoms with Gasteiger partial charge in [-0.1, -0.05) is 46.2 Å². The molecule has 146 valence electrons. The highest BCUT2D eigenvalue weighted by atomic mass is 32.2. The maximum absolute atomic E-state index is 11.5. The summed E-state index contributed by atoms with van der Waals surface area (Å²) >= 11 is 0. The van der Waals surface area contributed by atoms with Crippen LogP contribution in [-0.4, -0.2) is 27.8 Å². The van der Waals surface area contributed by atoms with E-state index in [4.69, 9.17) is 4.18 Å². The first kappa shape index (κ1) is 19.7. The number of benzene rings is 1. The fraction of sp³-hybridized carbons (Fsp3) is 0.714. The van der Waals surface area contributed by atoms with Crippen molar-refractivity contribution >= 4 is 15.8 Å². The maximum atomic E-state index is 11.5. The van der Waals surface area contributed by atoms with Crippen molar-refractivity contribution in [2.24, 2.45) is 17.8 Å². The van der Waals surface area contributed by atoms with Crippen molar-refractivity contribution in [3.8, 4) is 0 Å². The van der Waals surface area contributed by atoms with Gasteiger partial charge < -0.3 is 5.32 Å². The molecule has 0 saturated heterocycles. The summed E-state index contributed by atoms with van der Waals surface area (Å²) in [7, 11) is -3.38. The van der Waals surface area contributed by atoms with Crippen LogP contribution < -0.4 is 5.32 Å². The molecule has 0 aromatic heterocycles. The van der Waals surface area contributed by atoms with Crippen molar-refractivity contribution in [3.05, 3.63) is 29.3 Å². The van der Waals surface area contributed by atoms with E-state index >= 15 is 0 Å². The predicted molar refractivity (Wildman–Crippen MR) is 107 cm³/mol. The number of hydrogen-bond donors (Lipinski definition) is 1. The van der Waals surface area contributed by atoms with Gasteiger partial charge in [-0.3, -0.25) is 4.18 Å². The average molecular weight is 380 g/mol. The highest BCUT2D eigenvalue weighted by Crippen LogP contribution is 2.51. The van der Waals surface area contributed by atoms with Gasteiger partial charge in [0.25, 0.3) is 10.1 Å². The quantitative estimate of drug-likeness (QED) is 0.782. The first-order valence-electron chi connectivity index (χ1n) is 9.83. The van der Waals surface area contributed by atoms with Crippen molar-refractivity contribution in [2.45, 2.75) is 58.3 Å². The van der Waals surface area contributed by atoms with Crippen LogP contribution in [0.15, 0.2) is 18.2 Å². The number of nitrogens with one attached hydrogen (secondary N) is 1. The molecular formula is C21H33NO3S. The van der Waals surface area contributed by atoms with Gasteiger partial charge >= 0.3 is 0 Å². The Morgan fingerprint density at radius 2 is 1.96 bits per heavy atom. The smallest absolute Gasteiger partial charge is 0.264 e. The molecule has 26 heavy (non-hydrogen) atoms. The Kier molecular flexibility index (Phi) is 5.42. The van der Waals surface area contributed by atoms with Gasteiger partial charge in [-0.15, -0.1) is 0 Å². The first-order valence-corrected chi connectivity index (χ1v) is 11.6. The van der Waals surface area contributed by atoms with E-state index in [1.165, 1.54) is 16.8 Å². The van der Waals surface area contributed by atoms with E-state index in [9.17, 15) is 8.42 Å². The Labute approximate surface area is 158 Å². The van der Waals surface area contributed by atoms with E-state index < -0.39 is 10.1 Å². The first-order chi connectivity index (χ1) is 12.1. The molecule has 4 unspecified atom stereocenters. The molecule has 0 spiro atoms. The van der Waals surface area contributed by atoms with Crippen molar-refractivity contribution in [1.82, 2.24) is 0 Å². The molecular weight excluding hydrogens is 346 g/mol. The molecule has 0 radical (unpaired) electrons. The third-order valence-electron chi connectivity index (χ3n) is 6.28. The van der Waals surface area contributed by atoms with Gasteiger partial charge in [0.2, 0.25) is 0 Å². The molecule has 1 aromatic rings. The Morgan fingerprint density at radius 1 is 1.23 bits per heavy atom. The zero-order chi connectivity index (χ0) is 19.1. The molecule has 4 nitrogen and oxygen atoms in total. The lowest BCUT2D eigenvalue weighted by atomic mass is 9.61. The third-order valence-corrected chi connectivity index (χ3v) is 6.85. The van der Waals surface area contributed by atoms with E-state index in [0.29, 0.717) is 30.3 Å². The topological polar surface area (TPSA) is 55.4 Å². The SMILES string of the molecule is CCC1C(COS(C)(=O)=O)CCC2CNc3ccc(C(C)(C)C)cc3C21. The summed E-state index contributed by atoms with van der Waals surface area (Å²) < 4.78 is 28.1. The minimum absolute atomic E-state index is 0.122. The Bertz CT molecular complexity index is 751. The van der Waals surface area contributed by atoms with Crippen LogP contribution in [0.25, 0.3) is 0 Å². The van der Waals surface area contributed by atoms with Crippen LogP contribution in [0.2, 0.25) is 0 Å². The van der Waals surface area contributed by atoms with Crippen LogP contribution >= 0.6 is 0 Å².